The van der Waals surface area contributed by atoms with Crippen molar-refractivity contribution in [2.45, 2.75) is 46.0 Å². The van der Waals surface area contributed by atoms with Crippen molar-refractivity contribution in [1.82, 2.24) is 10.3 Å². The smallest absolute Gasteiger partial charge is 0.339 e. The molecule has 3 rings (SSSR count). The fourth-order valence-electron chi connectivity index (χ4n) is 3.74. The number of nitrogens with zero attached hydrogens (tertiary/aromatic N) is 1. The number of ether oxygens (including phenoxy) is 2. The van der Waals surface area contributed by atoms with Crippen LogP contribution in [-0.2, 0) is 31.9 Å². The van der Waals surface area contributed by atoms with Crippen LogP contribution >= 0.6 is 0 Å². The van der Waals surface area contributed by atoms with Crippen LogP contribution in [-0.4, -0.2) is 42.6 Å². The average molecular weight is 412 g/mol. The number of para-hydroxylation sites is 1. The summed E-state index contributed by atoms with van der Waals surface area (Å²) in [7, 11) is 0. The highest BCUT2D eigenvalue weighted by Crippen LogP contribution is 2.31. The van der Waals surface area contributed by atoms with Gasteiger partial charge in [-0.2, -0.15) is 0 Å². The molecular formula is C23H28N2O5. The number of amides is 1. The Hall–Kier alpha value is -2.96. The van der Waals surface area contributed by atoms with Gasteiger partial charge in [-0.05, 0) is 50.2 Å². The van der Waals surface area contributed by atoms with Gasteiger partial charge in [-0.3, -0.25) is 14.6 Å². The number of fused-ring (bicyclic) bond motifs is 2. The van der Waals surface area contributed by atoms with Gasteiger partial charge < -0.3 is 14.8 Å². The lowest BCUT2D eigenvalue weighted by Crippen LogP contribution is -2.30. The maximum Gasteiger partial charge on any atom is 0.339 e. The maximum absolute atomic E-state index is 12.9. The molecule has 1 heterocycles. The molecule has 1 aliphatic carbocycles. The van der Waals surface area contributed by atoms with E-state index in [2.05, 4.69) is 12.2 Å². The molecule has 1 aromatic heterocycles. The molecule has 0 radical (unpaired) electrons. The van der Waals surface area contributed by atoms with E-state index < -0.39 is 11.9 Å². The van der Waals surface area contributed by atoms with Crippen LogP contribution in [0.2, 0.25) is 0 Å². The first kappa shape index (κ1) is 21.7. The summed E-state index contributed by atoms with van der Waals surface area (Å²) in [5.41, 5.74) is 3.17. The lowest BCUT2D eigenvalue weighted by Gasteiger charge is -2.24. The van der Waals surface area contributed by atoms with Gasteiger partial charge in [-0.25, -0.2) is 4.79 Å². The van der Waals surface area contributed by atoms with Gasteiger partial charge in [0.25, 0.3) is 5.91 Å². The van der Waals surface area contributed by atoms with Crippen LogP contribution in [0.25, 0.3) is 10.9 Å². The molecular weight excluding hydrogens is 384 g/mol. The van der Waals surface area contributed by atoms with Crippen LogP contribution in [0.5, 0.6) is 0 Å². The van der Waals surface area contributed by atoms with Crippen LogP contribution in [0.3, 0.4) is 0 Å². The molecule has 1 N–H and O–H groups in total. The summed E-state index contributed by atoms with van der Waals surface area (Å²) >= 11 is 0. The van der Waals surface area contributed by atoms with Crippen molar-refractivity contribution in [3.05, 3.63) is 41.1 Å². The molecule has 1 unspecified atom stereocenters. The highest BCUT2D eigenvalue weighted by atomic mass is 16.5. The van der Waals surface area contributed by atoms with Crippen molar-refractivity contribution < 1.29 is 23.9 Å². The zero-order chi connectivity index (χ0) is 21.5. The SMILES string of the molecule is CCOC(=O)CCCNC(=O)COC(=O)c1c2c(nc3ccccc13)CCC(C)C2. The molecule has 1 atom stereocenters. The van der Waals surface area contributed by atoms with Crippen molar-refractivity contribution in [3.8, 4) is 0 Å². The number of benzene rings is 1. The zero-order valence-corrected chi connectivity index (χ0v) is 17.5. The number of aryl methyl sites for hydroxylation is 1. The minimum atomic E-state index is -0.499. The van der Waals surface area contributed by atoms with Crippen molar-refractivity contribution in [1.29, 1.82) is 0 Å². The number of aromatic nitrogens is 1. The summed E-state index contributed by atoms with van der Waals surface area (Å²) in [6.45, 7) is 4.21. The second-order valence-corrected chi connectivity index (χ2v) is 7.61. The van der Waals surface area contributed by atoms with E-state index in [4.69, 9.17) is 14.5 Å². The Bertz CT molecular complexity index is 941. The molecule has 1 aliphatic rings. The lowest BCUT2D eigenvalue weighted by atomic mass is 9.84. The molecule has 0 bridgehead atoms. The second-order valence-electron chi connectivity index (χ2n) is 7.61. The quantitative estimate of drug-likeness (QED) is 0.529. The summed E-state index contributed by atoms with van der Waals surface area (Å²) in [6, 6.07) is 7.52. The first-order valence-electron chi connectivity index (χ1n) is 10.5. The predicted molar refractivity (Wildman–Crippen MR) is 112 cm³/mol. The molecule has 1 aromatic carbocycles. The minimum absolute atomic E-state index is 0.237. The molecule has 2 aromatic rings. The fourth-order valence-corrected chi connectivity index (χ4v) is 3.74. The number of hydrogen-bond donors (Lipinski definition) is 1. The molecule has 30 heavy (non-hydrogen) atoms. The van der Waals surface area contributed by atoms with Gasteiger partial charge in [0, 0.05) is 24.0 Å². The molecule has 0 aliphatic heterocycles. The Morgan fingerprint density at radius 2 is 2.00 bits per heavy atom. The van der Waals surface area contributed by atoms with Crippen molar-refractivity contribution in [2.24, 2.45) is 5.92 Å². The van der Waals surface area contributed by atoms with E-state index in [9.17, 15) is 14.4 Å². The number of hydrogen-bond acceptors (Lipinski definition) is 6. The average Bonchev–Trinajstić information content (AvgIpc) is 2.73. The van der Waals surface area contributed by atoms with E-state index in [-0.39, 0.29) is 19.0 Å². The van der Waals surface area contributed by atoms with E-state index in [0.717, 1.165) is 41.4 Å². The van der Waals surface area contributed by atoms with Crippen LogP contribution in [0.1, 0.15) is 54.7 Å². The Morgan fingerprint density at radius 1 is 1.20 bits per heavy atom. The monoisotopic (exact) mass is 412 g/mol. The standard InChI is InChI=1S/C23H28N2O5/c1-3-29-21(27)9-6-12-24-20(26)14-30-23(28)22-16-7-4-5-8-18(16)25-19-11-10-15(2)13-17(19)22/h4-5,7-8,15H,3,6,9-14H2,1-2H3,(H,24,26). The Kier molecular flexibility index (Phi) is 7.38. The van der Waals surface area contributed by atoms with E-state index in [1.165, 1.54) is 0 Å². The normalized spacial score (nSPS) is 15.3. The highest BCUT2D eigenvalue weighted by Gasteiger charge is 2.26. The van der Waals surface area contributed by atoms with Crippen molar-refractivity contribution in [2.75, 3.05) is 19.8 Å². The number of nitrogens with one attached hydrogen (secondary N) is 1. The van der Waals surface area contributed by atoms with E-state index in [0.29, 0.717) is 31.1 Å². The van der Waals surface area contributed by atoms with Crippen LogP contribution < -0.4 is 5.32 Å². The summed E-state index contributed by atoms with van der Waals surface area (Å²) in [4.78, 5) is 41.0. The third-order valence-electron chi connectivity index (χ3n) is 5.23. The van der Waals surface area contributed by atoms with Gasteiger partial charge in [0.1, 0.15) is 0 Å². The zero-order valence-electron chi connectivity index (χ0n) is 17.5. The van der Waals surface area contributed by atoms with Gasteiger partial charge in [-0.1, -0.05) is 25.1 Å². The molecule has 0 saturated heterocycles. The van der Waals surface area contributed by atoms with Gasteiger partial charge in [-0.15, -0.1) is 0 Å². The van der Waals surface area contributed by atoms with Crippen molar-refractivity contribution in [3.63, 3.8) is 0 Å². The fraction of sp³-hybridized carbons (Fsp3) is 0.478. The van der Waals surface area contributed by atoms with Gasteiger partial charge in [0.15, 0.2) is 6.61 Å². The van der Waals surface area contributed by atoms with Gasteiger partial charge in [0.2, 0.25) is 0 Å². The molecule has 0 spiro atoms. The Morgan fingerprint density at radius 3 is 2.80 bits per heavy atom. The minimum Gasteiger partial charge on any atom is -0.466 e. The summed E-state index contributed by atoms with van der Waals surface area (Å²) < 4.78 is 10.2. The Labute approximate surface area is 176 Å². The molecule has 160 valence electrons. The van der Waals surface area contributed by atoms with Gasteiger partial charge >= 0.3 is 11.9 Å². The second kappa shape index (κ2) is 10.2. The van der Waals surface area contributed by atoms with E-state index in [1.54, 1.807) is 6.92 Å². The number of rotatable bonds is 8. The summed E-state index contributed by atoms with van der Waals surface area (Å²) in [6.07, 6.45) is 3.36. The first-order chi connectivity index (χ1) is 14.5. The number of pyridine rings is 1. The molecule has 1 amide bonds. The van der Waals surface area contributed by atoms with Gasteiger partial charge in [0.05, 0.1) is 17.7 Å². The van der Waals surface area contributed by atoms with E-state index >= 15 is 0 Å². The van der Waals surface area contributed by atoms with Crippen molar-refractivity contribution >= 4 is 28.7 Å². The summed E-state index contributed by atoms with van der Waals surface area (Å²) in [5.74, 6) is -0.718. The first-order valence-corrected chi connectivity index (χ1v) is 10.5. The molecule has 0 saturated carbocycles. The number of carbonyl (C=O) groups excluding carboxylic acids is 3. The van der Waals surface area contributed by atoms with Crippen LogP contribution in [0.15, 0.2) is 24.3 Å². The Balaban J connectivity index is 1.63. The molecule has 7 heteroatoms. The number of carbonyl (C=O) groups is 3. The summed E-state index contributed by atoms with van der Waals surface area (Å²) in [5, 5.41) is 3.41. The molecule has 7 nitrogen and oxygen atoms in total. The number of esters is 2. The largest absolute Gasteiger partial charge is 0.466 e. The van der Waals surface area contributed by atoms with Crippen LogP contribution in [0.4, 0.5) is 0 Å². The lowest BCUT2D eigenvalue weighted by molar-refractivity contribution is -0.143. The maximum atomic E-state index is 12.9. The highest BCUT2D eigenvalue weighted by molar-refractivity contribution is 6.05. The third kappa shape index (κ3) is 5.34. The topological polar surface area (TPSA) is 94.6 Å². The third-order valence-corrected chi connectivity index (χ3v) is 5.23. The molecule has 0 fully saturated rings. The van der Waals surface area contributed by atoms with E-state index in [1.807, 2.05) is 24.3 Å². The predicted octanol–water partition coefficient (Wildman–Crippen LogP) is 2.98. The van der Waals surface area contributed by atoms with Crippen LogP contribution in [0, 0.1) is 5.92 Å².